The lowest BCUT2D eigenvalue weighted by molar-refractivity contribution is 0.102. The first-order chi connectivity index (χ1) is 13.7. The fraction of sp³-hybridized carbons (Fsp3) is 0.318. The van der Waals surface area contributed by atoms with Gasteiger partial charge in [-0.05, 0) is 42.3 Å². The van der Waals surface area contributed by atoms with Crippen molar-refractivity contribution in [2.24, 2.45) is 0 Å². The number of anilines is 1. The number of nitrogens with one attached hydrogen (secondary N) is 1. The number of amides is 1. The summed E-state index contributed by atoms with van der Waals surface area (Å²) in [7, 11) is 1.59. The summed E-state index contributed by atoms with van der Waals surface area (Å²) in [5.74, 6) is 3.11. The molecule has 0 unspecified atom stereocenters. The Kier molecular flexibility index (Phi) is 5.10. The van der Waals surface area contributed by atoms with Gasteiger partial charge in [0.1, 0.15) is 17.4 Å². The Morgan fingerprint density at radius 2 is 2.04 bits per heavy atom. The van der Waals surface area contributed by atoms with Crippen LogP contribution in [0.15, 0.2) is 48.5 Å². The maximum Gasteiger partial charge on any atom is 0.255 e. The zero-order valence-electron chi connectivity index (χ0n) is 16.2. The van der Waals surface area contributed by atoms with Crippen LogP contribution in [0.25, 0.3) is 0 Å². The average molecular weight is 376 g/mol. The van der Waals surface area contributed by atoms with E-state index in [2.05, 4.69) is 39.1 Å². The Labute approximate surface area is 164 Å². The standard InChI is InChI=1S/C22H24N4O2/c1-3-20-24-25-21-12-9-17(14-26(20)21)15-7-10-18(11-8-15)23-22(27)16-5-4-6-19(13-16)28-2/h4-8,10-11,13,17H,3,9,12,14H2,1-2H3,(H,23,27)/t17-/m0/s1. The molecular weight excluding hydrogens is 352 g/mol. The highest BCUT2D eigenvalue weighted by molar-refractivity contribution is 6.04. The van der Waals surface area contributed by atoms with Gasteiger partial charge in [-0.15, -0.1) is 10.2 Å². The second-order valence-electron chi connectivity index (χ2n) is 7.04. The molecule has 4 rings (SSSR count). The Balaban J connectivity index is 1.45. The Hall–Kier alpha value is -3.15. The summed E-state index contributed by atoms with van der Waals surface area (Å²) < 4.78 is 7.44. The van der Waals surface area contributed by atoms with E-state index in [1.54, 1.807) is 19.2 Å². The molecule has 1 atom stereocenters. The molecule has 1 aliphatic heterocycles. The zero-order chi connectivity index (χ0) is 19.5. The van der Waals surface area contributed by atoms with Gasteiger partial charge in [0.25, 0.3) is 5.91 Å². The first kappa shape index (κ1) is 18.2. The minimum absolute atomic E-state index is 0.147. The molecule has 1 aromatic heterocycles. The van der Waals surface area contributed by atoms with Crippen molar-refractivity contribution in [3.05, 3.63) is 71.3 Å². The number of ether oxygens (including phenoxy) is 1. The summed E-state index contributed by atoms with van der Waals surface area (Å²) in [5.41, 5.74) is 2.63. The van der Waals surface area contributed by atoms with Crippen molar-refractivity contribution in [2.45, 2.75) is 38.6 Å². The van der Waals surface area contributed by atoms with Gasteiger partial charge in [-0.25, -0.2) is 0 Å². The van der Waals surface area contributed by atoms with E-state index in [1.165, 1.54) is 5.56 Å². The number of nitrogens with zero attached hydrogens (tertiary/aromatic N) is 3. The predicted molar refractivity (Wildman–Crippen MR) is 108 cm³/mol. The molecule has 2 aromatic carbocycles. The first-order valence-electron chi connectivity index (χ1n) is 9.64. The van der Waals surface area contributed by atoms with Crippen molar-refractivity contribution in [3.8, 4) is 5.75 Å². The van der Waals surface area contributed by atoms with Gasteiger partial charge >= 0.3 is 0 Å². The van der Waals surface area contributed by atoms with Crippen molar-refractivity contribution >= 4 is 11.6 Å². The molecule has 1 aliphatic rings. The van der Waals surface area contributed by atoms with Gasteiger partial charge < -0.3 is 14.6 Å². The molecule has 6 heteroatoms. The lowest BCUT2D eigenvalue weighted by Crippen LogP contribution is -2.20. The van der Waals surface area contributed by atoms with E-state index in [9.17, 15) is 4.79 Å². The van der Waals surface area contributed by atoms with Gasteiger partial charge in [0, 0.05) is 36.6 Å². The van der Waals surface area contributed by atoms with E-state index in [0.717, 1.165) is 43.1 Å². The maximum atomic E-state index is 12.5. The summed E-state index contributed by atoms with van der Waals surface area (Å²) in [5, 5.41) is 11.5. The van der Waals surface area contributed by atoms with Crippen LogP contribution in [0.2, 0.25) is 0 Å². The second kappa shape index (κ2) is 7.84. The first-order valence-corrected chi connectivity index (χ1v) is 9.64. The van der Waals surface area contributed by atoms with Gasteiger partial charge in [0.05, 0.1) is 7.11 Å². The van der Waals surface area contributed by atoms with Crippen LogP contribution >= 0.6 is 0 Å². The molecule has 28 heavy (non-hydrogen) atoms. The molecule has 3 aromatic rings. The molecule has 0 saturated carbocycles. The summed E-state index contributed by atoms with van der Waals surface area (Å²) in [4.78, 5) is 12.5. The number of benzene rings is 2. The third kappa shape index (κ3) is 3.63. The fourth-order valence-electron chi connectivity index (χ4n) is 3.72. The van der Waals surface area contributed by atoms with Crippen molar-refractivity contribution < 1.29 is 9.53 Å². The SMILES string of the molecule is CCc1nnc2n1C[C@@H](c1ccc(NC(=O)c3cccc(OC)c3)cc1)CC2. The Bertz CT molecular complexity index is 965. The van der Waals surface area contributed by atoms with Gasteiger partial charge in [-0.1, -0.05) is 25.1 Å². The van der Waals surface area contributed by atoms with E-state index < -0.39 is 0 Å². The fourth-order valence-corrected chi connectivity index (χ4v) is 3.72. The molecule has 144 valence electrons. The van der Waals surface area contributed by atoms with Crippen molar-refractivity contribution in [1.82, 2.24) is 14.8 Å². The van der Waals surface area contributed by atoms with Crippen molar-refractivity contribution in [1.29, 1.82) is 0 Å². The Morgan fingerprint density at radius 1 is 1.21 bits per heavy atom. The van der Waals surface area contributed by atoms with E-state index in [1.807, 2.05) is 24.3 Å². The van der Waals surface area contributed by atoms with Crippen LogP contribution < -0.4 is 10.1 Å². The average Bonchev–Trinajstić information content (AvgIpc) is 3.16. The number of aromatic nitrogens is 3. The molecule has 1 N–H and O–H groups in total. The van der Waals surface area contributed by atoms with Crippen molar-refractivity contribution in [2.75, 3.05) is 12.4 Å². The number of methoxy groups -OCH3 is 1. The number of rotatable bonds is 5. The highest BCUT2D eigenvalue weighted by Gasteiger charge is 2.23. The van der Waals surface area contributed by atoms with Crippen LogP contribution in [0.4, 0.5) is 5.69 Å². The lowest BCUT2D eigenvalue weighted by Gasteiger charge is -2.24. The lowest BCUT2D eigenvalue weighted by atomic mass is 9.91. The summed E-state index contributed by atoms with van der Waals surface area (Å²) >= 11 is 0. The molecule has 0 spiro atoms. The van der Waals surface area contributed by atoms with Crippen molar-refractivity contribution in [3.63, 3.8) is 0 Å². The third-order valence-corrected chi connectivity index (χ3v) is 5.31. The van der Waals surface area contributed by atoms with Crippen LogP contribution in [-0.4, -0.2) is 27.8 Å². The molecule has 6 nitrogen and oxygen atoms in total. The predicted octanol–water partition coefficient (Wildman–Crippen LogP) is 3.83. The molecule has 1 amide bonds. The monoisotopic (exact) mass is 376 g/mol. The van der Waals surface area contributed by atoms with Gasteiger partial charge in [0.15, 0.2) is 0 Å². The maximum absolute atomic E-state index is 12.5. The number of hydrogen-bond donors (Lipinski definition) is 1. The number of hydrogen-bond acceptors (Lipinski definition) is 4. The number of carbonyl (C=O) groups excluding carboxylic acids is 1. The largest absolute Gasteiger partial charge is 0.497 e. The second-order valence-corrected chi connectivity index (χ2v) is 7.04. The third-order valence-electron chi connectivity index (χ3n) is 5.31. The highest BCUT2D eigenvalue weighted by atomic mass is 16.5. The quantitative estimate of drug-likeness (QED) is 0.735. The number of aryl methyl sites for hydroxylation is 2. The number of fused-ring (bicyclic) bond motifs is 1. The van der Waals surface area contributed by atoms with Crippen LogP contribution in [0.3, 0.4) is 0 Å². The molecule has 0 bridgehead atoms. The summed E-state index contributed by atoms with van der Waals surface area (Å²) in [6.45, 7) is 3.03. The van der Waals surface area contributed by atoms with Gasteiger partial charge in [0.2, 0.25) is 0 Å². The number of carbonyl (C=O) groups is 1. The van der Waals surface area contributed by atoms with E-state index >= 15 is 0 Å². The molecule has 0 saturated heterocycles. The highest BCUT2D eigenvalue weighted by Crippen LogP contribution is 2.30. The summed E-state index contributed by atoms with van der Waals surface area (Å²) in [6.07, 6.45) is 2.91. The van der Waals surface area contributed by atoms with Crippen LogP contribution in [0.1, 0.15) is 46.8 Å². The Morgan fingerprint density at radius 3 is 2.79 bits per heavy atom. The minimum Gasteiger partial charge on any atom is -0.497 e. The van der Waals surface area contributed by atoms with E-state index in [0.29, 0.717) is 17.2 Å². The van der Waals surface area contributed by atoms with Gasteiger partial charge in [-0.3, -0.25) is 4.79 Å². The molecule has 0 fully saturated rings. The van der Waals surface area contributed by atoms with Crippen LogP contribution in [-0.2, 0) is 19.4 Å². The van der Waals surface area contributed by atoms with Crippen LogP contribution in [0.5, 0.6) is 5.75 Å². The van der Waals surface area contributed by atoms with E-state index in [4.69, 9.17) is 4.74 Å². The van der Waals surface area contributed by atoms with E-state index in [-0.39, 0.29) is 5.91 Å². The topological polar surface area (TPSA) is 69.0 Å². The molecule has 0 radical (unpaired) electrons. The molecule has 0 aliphatic carbocycles. The molecular formula is C22H24N4O2. The van der Waals surface area contributed by atoms with Gasteiger partial charge in [-0.2, -0.15) is 0 Å². The minimum atomic E-state index is -0.147. The van der Waals surface area contributed by atoms with Crippen LogP contribution in [0, 0.1) is 0 Å². The zero-order valence-corrected chi connectivity index (χ0v) is 16.2. The summed E-state index contributed by atoms with van der Waals surface area (Å²) in [6, 6.07) is 15.3. The normalized spacial score (nSPS) is 15.7. The smallest absolute Gasteiger partial charge is 0.255 e. The molecule has 2 heterocycles.